The van der Waals surface area contributed by atoms with Crippen molar-refractivity contribution in [3.8, 4) is 0 Å². The molecular weight excluding hydrogens is 360 g/mol. The average molecular weight is 372 g/mol. The van der Waals surface area contributed by atoms with Crippen LogP contribution in [0.25, 0.3) is 0 Å². The van der Waals surface area contributed by atoms with Crippen LogP contribution in [0.5, 0.6) is 0 Å². The molecule has 0 fully saturated rings. The van der Waals surface area contributed by atoms with Crippen molar-refractivity contribution in [1.29, 1.82) is 0 Å². The molecule has 0 heterocycles. The van der Waals surface area contributed by atoms with Gasteiger partial charge in [-0.1, -0.05) is 0 Å². The van der Waals surface area contributed by atoms with Crippen molar-refractivity contribution < 1.29 is 110 Å². The van der Waals surface area contributed by atoms with Gasteiger partial charge in [-0.25, -0.2) is 37.3 Å². The molecule has 0 saturated carbocycles. The van der Waals surface area contributed by atoms with E-state index >= 15 is 0 Å². The molecule has 0 atom stereocenters. The van der Waals surface area contributed by atoms with Crippen LogP contribution in [0.1, 0.15) is 0 Å². The Kier molecular flexibility index (Phi) is 98.0. The van der Waals surface area contributed by atoms with Crippen molar-refractivity contribution in [3.63, 3.8) is 0 Å². The minimum absolute atomic E-state index is 0. The third-order valence-corrected chi connectivity index (χ3v) is 0. The fourth-order valence-electron chi connectivity index (χ4n) is 0. The standard InChI is InChI=1S/2ClHO4.6H2O.Zn/c2*2-1(3,4)5;;;;;;;/h2*(H,2,3,4,5);6*1H2;/q;;;;;;;;+2/p-2. The molecule has 0 radical (unpaired) electrons. The summed E-state index contributed by atoms with van der Waals surface area (Å²) >= 11 is 0. The number of hydrogen-bond acceptors (Lipinski definition) is 8. The Morgan fingerprint density at radius 2 is 0.353 bits per heavy atom. The van der Waals surface area contributed by atoms with E-state index in [0.717, 1.165) is 0 Å². The zero-order valence-electron chi connectivity index (χ0n) is 7.73. The van der Waals surface area contributed by atoms with Gasteiger partial charge in [-0.15, -0.1) is 20.5 Å². The molecule has 0 unspecified atom stereocenters. The minimum Gasteiger partial charge on any atom is -0.412 e. The van der Waals surface area contributed by atoms with Crippen LogP contribution in [-0.4, -0.2) is 32.9 Å². The van der Waals surface area contributed by atoms with Crippen molar-refractivity contribution in [2.24, 2.45) is 0 Å². The van der Waals surface area contributed by atoms with Crippen LogP contribution in [-0.2, 0) is 19.5 Å². The van der Waals surface area contributed by atoms with Gasteiger partial charge in [0.15, 0.2) is 0 Å². The third-order valence-electron chi connectivity index (χ3n) is 0. The molecule has 0 saturated heterocycles. The molecule has 112 valence electrons. The van der Waals surface area contributed by atoms with Gasteiger partial charge >= 0.3 is 19.5 Å². The maximum atomic E-state index is 8.49. The summed E-state index contributed by atoms with van der Waals surface area (Å²) in [6.45, 7) is 0. The van der Waals surface area contributed by atoms with E-state index in [0.29, 0.717) is 0 Å². The zero-order valence-corrected chi connectivity index (χ0v) is 12.2. The molecule has 0 aromatic carbocycles. The first-order valence-electron chi connectivity index (χ1n) is 1.23. The van der Waals surface area contributed by atoms with Crippen molar-refractivity contribution in [2.45, 2.75) is 0 Å². The molecule has 12 N–H and O–H groups in total. The monoisotopic (exact) mass is 370 g/mol. The number of rotatable bonds is 0. The summed E-state index contributed by atoms with van der Waals surface area (Å²) in [5, 5.41) is 0. The Bertz CT molecular complexity index is 57.2. The zero-order chi connectivity index (χ0) is 9.00. The first kappa shape index (κ1) is 65.4. The number of halogens is 2. The van der Waals surface area contributed by atoms with E-state index in [9.17, 15) is 0 Å². The van der Waals surface area contributed by atoms with Crippen LogP contribution < -0.4 is 37.3 Å². The quantitative estimate of drug-likeness (QED) is 0.366. The normalized spacial score (nSPS) is 7.06. The molecule has 0 aromatic rings. The van der Waals surface area contributed by atoms with E-state index in [2.05, 4.69) is 0 Å². The van der Waals surface area contributed by atoms with Gasteiger partial charge < -0.3 is 32.9 Å². The summed E-state index contributed by atoms with van der Waals surface area (Å²) in [5.74, 6) is 0. The maximum absolute atomic E-state index is 8.49. The van der Waals surface area contributed by atoms with Gasteiger partial charge in [-0.05, 0) is 0 Å². The maximum Gasteiger partial charge on any atom is 2.00 e. The molecular formula is H12Cl2O14Zn. The minimum atomic E-state index is -4.94. The van der Waals surface area contributed by atoms with Gasteiger partial charge in [-0.2, -0.15) is 0 Å². The summed E-state index contributed by atoms with van der Waals surface area (Å²) in [4.78, 5) is 0. The summed E-state index contributed by atoms with van der Waals surface area (Å²) in [6.07, 6.45) is 0. The van der Waals surface area contributed by atoms with Gasteiger partial charge in [-0.3, -0.25) is 0 Å². The Balaban J connectivity index is -0.00000000762. The molecule has 0 aliphatic heterocycles. The second-order valence-corrected chi connectivity index (χ2v) is 2.27. The summed E-state index contributed by atoms with van der Waals surface area (Å²) in [6, 6.07) is 0. The Labute approximate surface area is 110 Å². The fraction of sp³-hybridized carbons (Fsp3) is 0. The van der Waals surface area contributed by atoms with Gasteiger partial charge in [0.05, 0.1) is 0 Å². The Morgan fingerprint density at radius 3 is 0.353 bits per heavy atom. The SMILES string of the molecule is O.O.O.O.O.O.[O-][Cl+3]([O-])([O-])[O-].[O-][Cl+3]([O-])([O-])[O-].[Zn+2]. The molecule has 14 nitrogen and oxygen atoms in total. The third kappa shape index (κ3) is 8620. The van der Waals surface area contributed by atoms with Crippen molar-refractivity contribution in [1.82, 2.24) is 0 Å². The first-order chi connectivity index (χ1) is 4.00. The molecule has 0 spiro atoms. The molecule has 0 rings (SSSR count). The van der Waals surface area contributed by atoms with Crippen LogP contribution in [0.3, 0.4) is 0 Å². The van der Waals surface area contributed by atoms with Crippen LogP contribution >= 0.6 is 0 Å². The van der Waals surface area contributed by atoms with E-state index in [1.165, 1.54) is 0 Å². The van der Waals surface area contributed by atoms with Crippen LogP contribution in [0, 0.1) is 20.5 Å². The van der Waals surface area contributed by atoms with E-state index in [1.54, 1.807) is 0 Å². The van der Waals surface area contributed by atoms with Crippen molar-refractivity contribution >= 4 is 0 Å². The average Bonchev–Trinajstić information content (AvgIpc) is 1.12. The Morgan fingerprint density at radius 1 is 0.353 bits per heavy atom. The molecule has 0 amide bonds. The summed E-state index contributed by atoms with van der Waals surface area (Å²) in [5.41, 5.74) is 0. The van der Waals surface area contributed by atoms with E-state index in [1.807, 2.05) is 0 Å². The van der Waals surface area contributed by atoms with Crippen molar-refractivity contribution in [2.75, 3.05) is 0 Å². The van der Waals surface area contributed by atoms with Crippen LogP contribution in [0.4, 0.5) is 0 Å². The number of hydrogen-bond donors (Lipinski definition) is 0. The van der Waals surface area contributed by atoms with Gasteiger partial charge in [0.1, 0.15) is 0 Å². The largest absolute Gasteiger partial charge is 2.00 e. The van der Waals surface area contributed by atoms with E-state index in [-0.39, 0.29) is 52.3 Å². The molecule has 0 aliphatic rings. The van der Waals surface area contributed by atoms with Gasteiger partial charge in [0, 0.05) is 0 Å². The van der Waals surface area contributed by atoms with E-state index < -0.39 is 20.5 Å². The van der Waals surface area contributed by atoms with Gasteiger partial charge in [0.25, 0.3) is 0 Å². The summed E-state index contributed by atoms with van der Waals surface area (Å²) in [7, 11) is -9.89. The second kappa shape index (κ2) is 25.5. The topological polar surface area (TPSA) is 373 Å². The predicted molar refractivity (Wildman–Crippen MR) is 21.7 cm³/mol. The smallest absolute Gasteiger partial charge is 0.412 e. The van der Waals surface area contributed by atoms with Gasteiger partial charge in [0.2, 0.25) is 0 Å². The fourth-order valence-corrected chi connectivity index (χ4v) is 0. The van der Waals surface area contributed by atoms with Crippen LogP contribution in [0.2, 0.25) is 0 Å². The molecule has 0 aromatic heterocycles. The molecule has 17 heteroatoms. The molecule has 0 aliphatic carbocycles. The Hall–Kier alpha value is 0.643. The first-order valence-corrected chi connectivity index (χ1v) is 3.70. The van der Waals surface area contributed by atoms with Crippen molar-refractivity contribution in [3.05, 3.63) is 0 Å². The predicted octanol–water partition coefficient (Wildman–Crippen LogP) is -14.5. The summed E-state index contributed by atoms with van der Waals surface area (Å²) < 4.78 is 67.9. The molecule has 17 heavy (non-hydrogen) atoms. The van der Waals surface area contributed by atoms with E-state index in [4.69, 9.17) is 37.3 Å². The molecule has 0 bridgehead atoms. The second-order valence-electron chi connectivity index (χ2n) is 0.756. The van der Waals surface area contributed by atoms with Crippen LogP contribution in [0.15, 0.2) is 0 Å².